The van der Waals surface area contributed by atoms with Gasteiger partial charge in [-0.05, 0) is 6.42 Å². The number of carbonyl (C=O) groups is 2. The SMILES string of the molecule is C=CCC(N)C(=O)N(C)CC(C)C(=O)OC. The number of hydrogen-bond donors (Lipinski definition) is 1. The summed E-state index contributed by atoms with van der Waals surface area (Å²) in [6.45, 7) is 5.52. The van der Waals surface area contributed by atoms with Crippen LogP contribution in [-0.2, 0) is 14.3 Å². The molecule has 0 fully saturated rings. The van der Waals surface area contributed by atoms with Gasteiger partial charge in [0.2, 0.25) is 5.91 Å². The Morgan fingerprint density at radius 3 is 2.56 bits per heavy atom. The predicted octanol–water partition coefficient (Wildman–Crippen LogP) is 0.157. The van der Waals surface area contributed by atoms with E-state index in [0.717, 1.165) is 0 Å². The first-order chi connectivity index (χ1) is 7.43. The first-order valence-corrected chi connectivity index (χ1v) is 5.13. The van der Waals surface area contributed by atoms with Crippen LogP contribution in [0.15, 0.2) is 12.7 Å². The number of nitrogens with zero attached hydrogens (tertiary/aromatic N) is 1. The van der Waals surface area contributed by atoms with Crippen LogP contribution in [0.25, 0.3) is 0 Å². The van der Waals surface area contributed by atoms with E-state index < -0.39 is 6.04 Å². The average Bonchev–Trinajstić information content (AvgIpc) is 2.26. The molecule has 0 aliphatic carbocycles. The van der Waals surface area contributed by atoms with Crippen LogP contribution in [0.2, 0.25) is 0 Å². The van der Waals surface area contributed by atoms with Crippen LogP contribution in [-0.4, -0.2) is 43.5 Å². The van der Waals surface area contributed by atoms with Crippen LogP contribution in [0.4, 0.5) is 0 Å². The highest BCUT2D eigenvalue weighted by atomic mass is 16.5. The molecule has 2 atom stereocenters. The molecule has 0 spiro atoms. The lowest BCUT2D eigenvalue weighted by molar-refractivity contribution is -0.146. The average molecular weight is 228 g/mol. The molecule has 0 aliphatic rings. The Balaban J connectivity index is 4.24. The highest BCUT2D eigenvalue weighted by Gasteiger charge is 2.21. The van der Waals surface area contributed by atoms with Crippen molar-refractivity contribution in [2.75, 3.05) is 20.7 Å². The number of rotatable bonds is 6. The van der Waals surface area contributed by atoms with E-state index in [1.807, 2.05) is 0 Å². The van der Waals surface area contributed by atoms with Gasteiger partial charge in [-0.1, -0.05) is 13.0 Å². The lowest BCUT2D eigenvalue weighted by atomic mass is 10.1. The van der Waals surface area contributed by atoms with Crippen LogP contribution >= 0.6 is 0 Å². The van der Waals surface area contributed by atoms with Crippen molar-refractivity contribution in [2.24, 2.45) is 11.7 Å². The Labute approximate surface area is 96.2 Å². The summed E-state index contributed by atoms with van der Waals surface area (Å²) in [4.78, 5) is 24.3. The fourth-order valence-electron chi connectivity index (χ4n) is 1.34. The molecule has 0 aromatic carbocycles. The molecular weight excluding hydrogens is 208 g/mol. The van der Waals surface area contributed by atoms with Gasteiger partial charge in [0, 0.05) is 13.6 Å². The summed E-state index contributed by atoms with van der Waals surface area (Å²) in [5, 5.41) is 0. The maximum Gasteiger partial charge on any atom is 0.310 e. The van der Waals surface area contributed by atoms with Gasteiger partial charge in [-0.25, -0.2) is 0 Å². The van der Waals surface area contributed by atoms with Crippen molar-refractivity contribution in [1.82, 2.24) is 4.90 Å². The van der Waals surface area contributed by atoms with Gasteiger partial charge in [-0.2, -0.15) is 0 Å². The second-order valence-electron chi connectivity index (χ2n) is 3.77. The summed E-state index contributed by atoms with van der Waals surface area (Å²) in [6, 6.07) is -0.590. The van der Waals surface area contributed by atoms with Gasteiger partial charge < -0.3 is 15.4 Å². The largest absolute Gasteiger partial charge is 0.469 e. The zero-order valence-electron chi connectivity index (χ0n) is 10.1. The maximum atomic E-state index is 11.7. The number of amides is 1. The number of methoxy groups -OCH3 is 1. The van der Waals surface area contributed by atoms with E-state index in [1.54, 1.807) is 20.0 Å². The first kappa shape index (κ1) is 14.6. The Hall–Kier alpha value is -1.36. The van der Waals surface area contributed by atoms with Gasteiger partial charge >= 0.3 is 5.97 Å². The molecule has 0 bridgehead atoms. The van der Waals surface area contributed by atoms with E-state index in [2.05, 4.69) is 11.3 Å². The number of nitrogens with two attached hydrogens (primary N) is 1. The number of esters is 1. The number of hydrogen-bond acceptors (Lipinski definition) is 4. The summed E-state index contributed by atoms with van der Waals surface area (Å²) in [5.41, 5.74) is 5.63. The van der Waals surface area contributed by atoms with Crippen LogP contribution < -0.4 is 5.73 Å². The second kappa shape index (κ2) is 7.00. The Morgan fingerprint density at radius 1 is 1.56 bits per heavy atom. The highest BCUT2D eigenvalue weighted by Crippen LogP contribution is 2.03. The minimum absolute atomic E-state index is 0.198. The minimum Gasteiger partial charge on any atom is -0.469 e. The van der Waals surface area contributed by atoms with Gasteiger partial charge in [0.1, 0.15) is 0 Å². The third kappa shape index (κ3) is 4.44. The van der Waals surface area contributed by atoms with Gasteiger partial charge in [-0.3, -0.25) is 9.59 Å². The number of likely N-dealkylation sites (N-methyl/N-ethyl adjacent to an activating group) is 1. The second-order valence-corrected chi connectivity index (χ2v) is 3.77. The summed E-state index contributed by atoms with van der Waals surface area (Å²) >= 11 is 0. The standard InChI is InChI=1S/C11H20N2O3/c1-5-6-9(12)10(14)13(3)7-8(2)11(15)16-4/h5,8-9H,1,6-7,12H2,2-4H3. The third-order valence-electron chi connectivity index (χ3n) is 2.27. The quantitative estimate of drug-likeness (QED) is 0.519. The van der Waals surface area contributed by atoms with E-state index >= 15 is 0 Å². The normalized spacial score (nSPS) is 13.8. The fraction of sp³-hybridized carbons (Fsp3) is 0.636. The molecule has 0 rings (SSSR count). The monoisotopic (exact) mass is 228 g/mol. The summed E-state index contributed by atoms with van der Waals surface area (Å²) < 4.78 is 4.58. The highest BCUT2D eigenvalue weighted by molar-refractivity contribution is 5.82. The van der Waals surface area contributed by atoms with Crippen LogP contribution in [0.5, 0.6) is 0 Å². The minimum atomic E-state index is -0.590. The molecule has 0 saturated heterocycles. The lowest BCUT2D eigenvalue weighted by Gasteiger charge is -2.22. The molecule has 2 unspecified atom stereocenters. The van der Waals surface area contributed by atoms with Crippen LogP contribution in [0, 0.1) is 5.92 Å². The maximum absolute atomic E-state index is 11.7. The Morgan fingerprint density at radius 2 is 2.12 bits per heavy atom. The molecule has 2 N–H and O–H groups in total. The van der Waals surface area contributed by atoms with Crippen molar-refractivity contribution in [3.63, 3.8) is 0 Å². The molecule has 0 aromatic heterocycles. The van der Waals surface area contributed by atoms with E-state index in [4.69, 9.17) is 5.73 Å². The molecule has 0 heterocycles. The zero-order chi connectivity index (χ0) is 12.7. The van der Waals surface area contributed by atoms with E-state index in [1.165, 1.54) is 12.0 Å². The van der Waals surface area contributed by atoms with Crippen molar-refractivity contribution in [3.8, 4) is 0 Å². The summed E-state index contributed by atoms with van der Waals surface area (Å²) in [6.07, 6.45) is 2.02. The van der Waals surface area contributed by atoms with Gasteiger partial charge in [0.15, 0.2) is 0 Å². The molecular formula is C11H20N2O3. The van der Waals surface area contributed by atoms with Crippen LogP contribution in [0.1, 0.15) is 13.3 Å². The fourth-order valence-corrected chi connectivity index (χ4v) is 1.34. The molecule has 5 nitrogen and oxygen atoms in total. The smallest absolute Gasteiger partial charge is 0.310 e. The Bertz CT molecular complexity index is 266. The summed E-state index contributed by atoms with van der Waals surface area (Å²) in [5.74, 6) is -0.887. The van der Waals surface area contributed by atoms with Crippen molar-refractivity contribution in [2.45, 2.75) is 19.4 Å². The molecule has 16 heavy (non-hydrogen) atoms. The molecule has 0 aromatic rings. The topological polar surface area (TPSA) is 72.6 Å². The van der Waals surface area contributed by atoms with Crippen molar-refractivity contribution in [1.29, 1.82) is 0 Å². The number of carbonyl (C=O) groups excluding carboxylic acids is 2. The third-order valence-corrected chi connectivity index (χ3v) is 2.27. The number of ether oxygens (including phenoxy) is 1. The first-order valence-electron chi connectivity index (χ1n) is 5.13. The van der Waals surface area contributed by atoms with Crippen molar-refractivity contribution < 1.29 is 14.3 Å². The molecule has 5 heteroatoms. The van der Waals surface area contributed by atoms with Crippen molar-refractivity contribution >= 4 is 11.9 Å². The van der Waals surface area contributed by atoms with Gasteiger partial charge in [0.25, 0.3) is 0 Å². The molecule has 0 saturated carbocycles. The van der Waals surface area contributed by atoms with Crippen molar-refractivity contribution in [3.05, 3.63) is 12.7 Å². The van der Waals surface area contributed by atoms with Gasteiger partial charge in [-0.15, -0.1) is 6.58 Å². The Kier molecular flexibility index (Phi) is 6.41. The zero-order valence-corrected chi connectivity index (χ0v) is 10.1. The van der Waals surface area contributed by atoms with E-state index in [-0.39, 0.29) is 17.8 Å². The molecule has 92 valence electrons. The van der Waals surface area contributed by atoms with Gasteiger partial charge in [0.05, 0.1) is 19.1 Å². The molecule has 0 radical (unpaired) electrons. The van der Waals surface area contributed by atoms with E-state index in [0.29, 0.717) is 13.0 Å². The van der Waals surface area contributed by atoms with E-state index in [9.17, 15) is 9.59 Å². The molecule has 0 aliphatic heterocycles. The lowest BCUT2D eigenvalue weighted by Crippen LogP contribution is -2.44. The predicted molar refractivity (Wildman–Crippen MR) is 61.6 cm³/mol. The molecule has 1 amide bonds. The van der Waals surface area contributed by atoms with Crippen LogP contribution in [0.3, 0.4) is 0 Å². The summed E-state index contributed by atoms with van der Waals surface area (Å²) in [7, 11) is 2.94.